The minimum atomic E-state index is -0.0473. The molecule has 0 aromatic carbocycles. The number of ether oxygens (including phenoxy) is 1. The second-order valence-corrected chi connectivity index (χ2v) is 9.15. The maximum Gasteiger partial charge on any atom is 0.159 e. The van der Waals surface area contributed by atoms with E-state index >= 15 is 0 Å². The van der Waals surface area contributed by atoms with Crippen LogP contribution in [0.25, 0.3) is 0 Å². The highest BCUT2D eigenvalue weighted by molar-refractivity contribution is 7.56. The topological polar surface area (TPSA) is 26.3 Å². The zero-order valence-electron chi connectivity index (χ0n) is 10.4. The predicted octanol–water partition coefficient (Wildman–Crippen LogP) is 3.31. The van der Waals surface area contributed by atoms with Gasteiger partial charge in [-0.2, -0.15) is 0 Å². The molecule has 88 valence electrons. The van der Waals surface area contributed by atoms with Crippen LogP contribution in [0.5, 0.6) is 0 Å². The number of rotatable bonds is 7. The fraction of sp³-hybridized carbons (Fsp3) is 0.727. The molecule has 0 aromatic heterocycles. The summed E-state index contributed by atoms with van der Waals surface area (Å²) in [5.41, 5.74) is 0. The molecule has 0 aromatic rings. The molecule has 0 unspecified atom stereocenters. The first kappa shape index (κ1) is 15.1. The maximum absolute atomic E-state index is 11.5. The molecule has 0 aliphatic heterocycles. The maximum atomic E-state index is 11.5. The molecule has 2 nitrogen and oxygen atoms in total. The van der Waals surface area contributed by atoms with Gasteiger partial charge in [-0.3, -0.25) is 4.79 Å². The summed E-state index contributed by atoms with van der Waals surface area (Å²) in [7, 11) is -0.0111. The molecule has 0 atom stereocenters. The highest BCUT2D eigenvalue weighted by Gasteiger charge is 2.02. The molecular weight excluding hydrogens is 226 g/mol. The number of hydrogen-bond donors (Lipinski definition) is 0. The monoisotopic (exact) mass is 248 g/mol. The van der Waals surface area contributed by atoms with E-state index in [1.807, 2.05) is 6.92 Å². The van der Waals surface area contributed by atoms with Crippen molar-refractivity contribution in [3.63, 3.8) is 0 Å². The molecule has 0 aliphatic carbocycles. The standard InChI is InChI=1S/C11H22O2P2/c1-10(13-9-15(4)5)8-11(12)6-7-14(2)3/h8H,6-7,9H2,1-5H3/b10-8+. The molecule has 0 heterocycles. The Balaban J connectivity index is 3.84. The van der Waals surface area contributed by atoms with E-state index in [-0.39, 0.29) is 21.6 Å². The van der Waals surface area contributed by atoms with Crippen LogP contribution in [0, 0.1) is 0 Å². The third-order valence-electron chi connectivity index (χ3n) is 1.72. The van der Waals surface area contributed by atoms with Crippen LogP contribution in [-0.4, -0.2) is 45.0 Å². The Hall–Kier alpha value is 0.0700. The van der Waals surface area contributed by atoms with Gasteiger partial charge in [0.25, 0.3) is 0 Å². The lowest BCUT2D eigenvalue weighted by molar-refractivity contribution is -0.114. The van der Waals surface area contributed by atoms with Gasteiger partial charge >= 0.3 is 0 Å². The number of carbonyl (C=O) groups excluding carboxylic acids is 1. The molecule has 0 rings (SSSR count). The minimum Gasteiger partial charge on any atom is -0.494 e. The lowest BCUT2D eigenvalue weighted by Gasteiger charge is -2.09. The first-order valence-corrected chi connectivity index (χ1v) is 9.89. The van der Waals surface area contributed by atoms with Crippen molar-refractivity contribution in [2.75, 3.05) is 39.2 Å². The molecule has 0 saturated carbocycles. The molecule has 15 heavy (non-hydrogen) atoms. The van der Waals surface area contributed by atoms with Crippen LogP contribution in [-0.2, 0) is 9.53 Å². The number of ketones is 1. The third kappa shape index (κ3) is 10.4. The fourth-order valence-electron chi connectivity index (χ4n) is 0.905. The average molecular weight is 248 g/mol. The smallest absolute Gasteiger partial charge is 0.159 e. The summed E-state index contributed by atoms with van der Waals surface area (Å²) in [6.07, 6.45) is 4.06. The summed E-state index contributed by atoms with van der Waals surface area (Å²) in [6.45, 7) is 10.6. The Bertz CT molecular complexity index is 223. The molecule has 0 N–H and O–H groups in total. The zero-order valence-corrected chi connectivity index (χ0v) is 12.2. The van der Waals surface area contributed by atoms with Crippen molar-refractivity contribution in [2.45, 2.75) is 13.3 Å². The number of allylic oxidation sites excluding steroid dienone is 2. The molecule has 0 aliphatic rings. The first-order chi connectivity index (χ1) is 6.91. The van der Waals surface area contributed by atoms with E-state index in [4.69, 9.17) is 4.74 Å². The Kier molecular flexibility index (Phi) is 8.29. The van der Waals surface area contributed by atoms with Gasteiger partial charge in [0.15, 0.2) is 5.78 Å². The van der Waals surface area contributed by atoms with E-state index in [0.717, 1.165) is 18.3 Å². The van der Waals surface area contributed by atoms with Gasteiger partial charge in [0, 0.05) is 12.5 Å². The molecule has 0 spiro atoms. The van der Waals surface area contributed by atoms with Crippen molar-refractivity contribution in [1.29, 1.82) is 0 Å². The fourth-order valence-corrected chi connectivity index (χ4v) is 2.03. The second kappa shape index (κ2) is 8.25. The van der Waals surface area contributed by atoms with Crippen LogP contribution in [0.15, 0.2) is 11.8 Å². The second-order valence-electron chi connectivity index (χ2n) is 4.13. The molecular formula is C11H22O2P2. The van der Waals surface area contributed by atoms with Crippen LogP contribution >= 0.6 is 15.8 Å². The Morgan fingerprint density at radius 1 is 1.20 bits per heavy atom. The molecule has 0 fully saturated rings. The summed E-state index contributed by atoms with van der Waals surface area (Å²) < 4.78 is 5.46. The highest BCUT2D eigenvalue weighted by atomic mass is 31.1. The largest absolute Gasteiger partial charge is 0.494 e. The van der Waals surface area contributed by atoms with E-state index < -0.39 is 0 Å². The average Bonchev–Trinajstić information content (AvgIpc) is 2.11. The molecule has 0 saturated heterocycles. The predicted molar refractivity (Wildman–Crippen MR) is 71.7 cm³/mol. The van der Waals surface area contributed by atoms with Gasteiger partial charge in [-0.25, -0.2) is 0 Å². The normalized spacial score (nSPS) is 12.3. The van der Waals surface area contributed by atoms with Crippen molar-refractivity contribution in [1.82, 2.24) is 0 Å². The molecule has 0 amide bonds. The van der Waals surface area contributed by atoms with Gasteiger partial charge in [0.2, 0.25) is 0 Å². The van der Waals surface area contributed by atoms with Crippen LogP contribution in [0.3, 0.4) is 0 Å². The van der Waals surface area contributed by atoms with Crippen LogP contribution in [0.4, 0.5) is 0 Å². The lowest BCUT2D eigenvalue weighted by Crippen LogP contribution is -1.99. The number of hydrogen-bond acceptors (Lipinski definition) is 2. The summed E-state index contributed by atoms with van der Waals surface area (Å²) in [5.74, 6) is 0.952. The van der Waals surface area contributed by atoms with E-state index in [1.165, 1.54) is 0 Å². The third-order valence-corrected chi connectivity index (χ3v) is 3.48. The quantitative estimate of drug-likeness (QED) is 0.392. The first-order valence-electron chi connectivity index (χ1n) is 5.05. The summed E-state index contributed by atoms with van der Waals surface area (Å²) in [4.78, 5) is 11.5. The Morgan fingerprint density at radius 3 is 2.27 bits per heavy atom. The SMILES string of the molecule is C/C(=C\C(=O)CCP(C)C)OCP(C)C. The lowest BCUT2D eigenvalue weighted by atomic mass is 10.3. The van der Waals surface area contributed by atoms with E-state index in [2.05, 4.69) is 26.7 Å². The van der Waals surface area contributed by atoms with Gasteiger partial charge in [0.1, 0.15) is 6.35 Å². The van der Waals surface area contributed by atoms with Gasteiger partial charge in [0.05, 0.1) is 5.76 Å². The Labute approximate surface area is 96.0 Å². The molecule has 0 bridgehead atoms. The zero-order chi connectivity index (χ0) is 11.8. The molecule has 4 heteroatoms. The highest BCUT2D eigenvalue weighted by Crippen LogP contribution is 2.26. The van der Waals surface area contributed by atoms with E-state index in [9.17, 15) is 4.79 Å². The van der Waals surface area contributed by atoms with Crippen LogP contribution < -0.4 is 0 Å². The van der Waals surface area contributed by atoms with Gasteiger partial charge in [-0.05, 0) is 39.7 Å². The summed E-state index contributed by atoms with van der Waals surface area (Å²) in [6, 6.07) is 0. The van der Waals surface area contributed by atoms with Crippen LogP contribution in [0.1, 0.15) is 13.3 Å². The minimum absolute atomic E-state index is 0.0362. The summed E-state index contributed by atoms with van der Waals surface area (Å²) in [5, 5.41) is 0. The van der Waals surface area contributed by atoms with Crippen molar-refractivity contribution in [2.24, 2.45) is 0 Å². The van der Waals surface area contributed by atoms with Gasteiger partial charge < -0.3 is 4.74 Å². The van der Waals surface area contributed by atoms with Gasteiger partial charge in [-0.1, -0.05) is 7.92 Å². The van der Waals surface area contributed by atoms with E-state index in [0.29, 0.717) is 6.42 Å². The van der Waals surface area contributed by atoms with Crippen molar-refractivity contribution in [3.8, 4) is 0 Å². The molecule has 0 radical (unpaired) electrons. The van der Waals surface area contributed by atoms with E-state index in [1.54, 1.807) is 6.08 Å². The van der Waals surface area contributed by atoms with Crippen LogP contribution in [0.2, 0.25) is 0 Å². The number of carbonyl (C=O) groups is 1. The summed E-state index contributed by atoms with van der Waals surface area (Å²) >= 11 is 0. The van der Waals surface area contributed by atoms with Crippen molar-refractivity contribution < 1.29 is 9.53 Å². The van der Waals surface area contributed by atoms with Crippen molar-refractivity contribution in [3.05, 3.63) is 11.8 Å². The van der Waals surface area contributed by atoms with Gasteiger partial charge in [-0.15, -0.1) is 7.92 Å². The Morgan fingerprint density at radius 2 is 1.80 bits per heavy atom. The van der Waals surface area contributed by atoms with Crippen molar-refractivity contribution >= 4 is 21.6 Å².